The number of amides is 1. The lowest BCUT2D eigenvalue weighted by molar-refractivity contribution is -0.140. The zero-order valence-electron chi connectivity index (χ0n) is 12.6. The normalized spacial score (nSPS) is 23.5. The number of morpholine rings is 1. The van der Waals surface area contributed by atoms with E-state index in [1.54, 1.807) is 12.4 Å². The highest BCUT2D eigenvalue weighted by Gasteiger charge is 2.29. The second kappa shape index (κ2) is 7.02. The number of carbonyl (C=O) groups is 1. The molecule has 2 aliphatic rings. The Hall–Kier alpha value is -1.73. The fourth-order valence-electron chi connectivity index (χ4n) is 2.98. The summed E-state index contributed by atoms with van der Waals surface area (Å²) < 4.78 is 11.1. The van der Waals surface area contributed by atoms with Crippen molar-refractivity contribution >= 4 is 11.7 Å². The maximum absolute atomic E-state index is 12.5. The van der Waals surface area contributed by atoms with Gasteiger partial charge >= 0.3 is 0 Å². The van der Waals surface area contributed by atoms with Crippen LogP contribution < -0.4 is 5.73 Å². The Morgan fingerprint density at radius 2 is 2.05 bits per heavy atom. The van der Waals surface area contributed by atoms with Crippen molar-refractivity contribution in [1.29, 1.82) is 0 Å². The molecule has 7 nitrogen and oxygen atoms in total. The molecule has 1 atom stereocenters. The van der Waals surface area contributed by atoms with E-state index in [-0.39, 0.29) is 12.0 Å². The summed E-state index contributed by atoms with van der Waals surface area (Å²) in [7, 11) is 0. The molecule has 22 heavy (non-hydrogen) atoms. The number of aromatic nitrogens is 2. The number of hydrogen-bond donors (Lipinski definition) is 1. The summed E-state index contributed by atoms with van der Waals surface area (Å²) in [5, 5.41) is 0. The molecule has 2 fully saturated rings. The van der Waals surface area contributed by atoms with Gasteiger partial charge in [-0.05, 0) is 18.8 Å². The Labute approximate surface area is 129 Å². The molecule has 0 radical (unpaired) electrons. The average Bonchev–Trinajstić information content (AvgIpc) is 2.56. The van der Waals surface area contributed by atoms with Crippen LogP contribution in [0.5, 0.6) is 0 Å². The van der Waals surface area contributed by atoms with Gasteiger partial charge in [0.2, 0.25) is 5.91 Å². The Morgan fingerprint density at radius 1 is 1.27 bits per heavy atom. The van der Waals surface area contributed by atoms with Crippen LogP contribution in [0.15, 0.2) is 12.4 Å². The van der Waals surface area contributed by atoms with Gasteiger partial charge < -0.3 is 20.1 Å². The third-order valence-corrected chi connectivity index (χ3v) is 4.28. The van der Waals surface area contributed by atoms with Crippen LogP contribution in [0.1, 0.15) is 31.1 Å². The molecule has 3 heterocycles. The van der Waals surface area contributed by atoms with E-state index in [0.717, 1.165) is 26.1 Å². The van der Waals surface area contributed by atoms with Crippen molar-refractivity contribution < 1.29 is 14.3 Å². The van der Waals surface area contributed by atoms with Gasteiger partial charge in [0.25, 0.3) is 0 Å². The van der Waals surface area contributed by atoms with Crippen molar-refractivity contribution in [2.75, 3.05) is 38.6 Å². The van der Waals surface area contributed by atoms with Crippen molar-refractivity contribution in [2.45, 2.75) is 25.4 Å². The van der Waals surface area contributed by atoms with E-state index in [2.05, 4.69) is 9.97 Å². The van der Waals surface area contributed by atoms with Crippen LogP contribution in [0.25, 0.3) is 0 Å². The summed E-state index contributed by atoms with van der Waals surface area (Å²) in [5.74, 6) is 0.984. The number of nitrogen functional groups attached to an aromatic ring is 1. The maximum Gasteiger partial charge on any atom is 0.223 e. The number of carbonyl (C=O) groups excluding carboxylic acids is 1. The lowest BCUT2D eigenvalue weighted by Gasteiger charge is -2.34. The van der Waals surface area contributed by atoms with E-state index in [0.29, 0.717) is 43.5 Å². The van der Waals surface area contributed by atoms with Crippen LogP contribution >= 0.6 is 0 Å². The van der Waals surface area contributed by atoms with Gasteiger partial charge in [-0.15, -0.1) is 0 Å². The van der Waals surface area contributed by atoms with Gasteiger partial charge in [0.05, 0.1) is 13.2 Å². The fraction of sp³-hybridized carbons (Fsp3) is 0.667. The van der Waals surface area contributed by atoms with Gasteiger partial charge in [-0.25, -0.2) is 4.98 Å². The molecular weight excluding hydrogens is 284 g/mol. The van der Waals surface area contributed by atoms with E-state index >= 15 is 0 Å². The standard InChI is InChI=1S/C15H22N4O3/c16-15-14(17-3-4-18-15)12-10-19(5-8-22-12)13(20)9-11-1-6-21-7-2-11/h3-4,11-12H,1-2,5-10H2,(H2,16,18)/t12-/m0/s1. The van der Waals surface area contributed by atoms with Crippen LogP contribution in [0, 0.1) is 5.92 Å². The predicted molar refractivity (Wildman–Crippen MR) is 79.9 cm³/mol. The predicted octanol–water partition coefficient (Wildman–Crippen LogP) is 0.775. The SMILES string of the molecule is Nc1nccnc1[C@@H]1CN(C(=O)CC2CCOCC2)CCO1. The van der Waals surface area contributed by atoms with Crippen molar-refractivity contribution in [3.05, 3.63) is 18.1 Å². The second-order valence-electron chi connectivity index (χ2n) is 5.79. The molecule has 7 heteroatoms. The minimum atomic E-state index is -0.291. The summed E-state index contributed by atoms with van der Waals surface area (Å²) in [5.41, 5.74) is 6.47. The van der Waals surface area contributed by atoms with Crippen LogP contribution in [-0.2, 0) is 14.3 Å². The second-order valence-corrected chi connectivity index (χ2v) is 5.79. The molecule has 0 spiro atoms. The van der Waals surface area contributed by atoms with Crippen LogP contribution in [0.2, 0.25) is 0 Å². The zero-order chi connectivity index (χ0) is 15.4. The molecule has 0 bridgehead atoms. The molecule has 0 saturated carbocycles. The monoisotopic (exact) mass is 306 g/mol. The van der Waals surface area contributed by atoms with Gasteiger partial charge in [-0.3, -0.25) is 9.78 Å². The van der Waals surface area contributed by atoms with Gasteiger partial charge in [-0.1, -0.05) is 0 Å². The summed E-state index contributed by atoms with van der Waals surface area (Å²) in [6.45, 7) is 3.14. The van der Waals surface area contributed by atoms with Crippen LogP contribution in [0.4, 0.5) is 5.82 Å². The van der Waals surface area contributed by atoms with E-state index in [1.165, 1.54) is 0 Å². The van der Waals surface area contributed by atoms with Crippen molar-refractivity contribution in [3.63, 3.8) is 0 Å². The molecule has 2 N–H and O–H groups in total. The highest BCUT2D eigenvalue weighted by Crippen LogP contribution is 2.25. The van der Waals surface area contributed by atoms with Gasteiger partial charge in [0.15, 0.2) is 0 Å². The van der Waals surface area contributed by atoms with E-state index < -0.39 is 0 Å². The molecule has 3 rings (SSSR count). The number of nitrogens with zero attached hydrogens (tertiary/aromatic N) is 3. The number of nitrogens with two attached hydrogens (primary N) is 1. The molecule has 2 aliphatic heterocycles. The Bertz CT molecular complexity index is 519. The minimum absolute atomic E-state index is 0.183. The quantitative estimate of drug-likeness (QED) is 0.887. The van der Waals surface area contributed by atoms with Crippen molar-refractivity contribution in [2.24, 2.45) is 5.92 Å². The topological polar surface area (TPSA) is 90.6 Å². The molecule has 2 saturated heterocycles. The molecule has 0 aromatic carbocycles. The first-order chi connectivity index (χ1) is 10.7. The first-order valence-electron chi connectivity index (χ1n) is 7.77. The summed E-state index contributed by atoms with van der Waals surface area (Å²) in [6.07, 6.45) is 5.38. The van der Waals surface area contributed by atoms with Crippen LogP contribution in [0.3, 0.4) is 0 Å². The van der Waals surface area contributed by atoms with E-state index in [1.807, 2.05) is 4.90 Å². The number of hydrogen-bond acceptors (Lipinski definition) is 6. The molecule has 0 aliphatic carbocycles. The van der Waals surface area contributed by atoms with Crippen molar-refractivity contribution in [3.8, 4) is 0 Å². The van der Waals surface area contributed by atoms with Gasteiger partial charge in [0, 0.05) is 38.6 Å². The Morgan fingerprint density at radius 3 is 2.82 bits per heavy atom. The average molecular weight is 306 g/mol. The lowest BCUT2D eigenvalue weighted by Crippen LogP contribution is -2.43. The van der Waals surface area contributed by atoms with Gasteiger partial charge in [-0.2, -0.15) is 0 Å². The molecular formula is C15H22N4O3. The largest absolute Gasteiger partial charge is 0.382 e. The molecule has 1 aromatic rings. The first-order valence-corrected chi connectivity index (χ1v) is 7.77. The lowest BCUT2D eigenvalue weighted by atomic mass is 9.96. The van der Waals surface area contributed by atoms with E-state index in [9.17, 15) is 4.79 Å². The molecule has 120 valence electrons. The zero-order valence-corrected chi connectivity index (χ0v) is 12.6. The third-order valence-electron chi connectivity index (χ3n) is 4.28. The summed E-state index contributed by atoms with van der Waals surface area (Å²) in [4.78, 5) is 22.6. The smallest absolute Gasteiger partial charge is 0.223 e. The maximum atomic E-state index is 12.5. The molecule has 0 unspecified atom stereocenters. The summed E-state index contributed by atoms with van der Waals surface area (Å²) in [6, 6.07) is 0. The van der Waals surface area contributed by atoms with Crippen LogP contribution in [-0.4, -0.2) is 53.7 Å². The number of rotatable bonds is 3. The highest BCUT2D eigenvalue weighted by atomic mass is 16.5. The van der Waals surface area contributed by atoms with E-state index in [4.69, 9.17) is 15.2 Å². The fourth-order valence-corrected chi connectivity index (χ4v) is 2.98. The first kappa shape index (κ1) is 15.2. The summed E-state index contributed by atoms with van der Waals surface area (Å²) >= 11 is 0. The third kappa shape index (κ3) is 3.53. The van der Waals surface area contributed by atoms with Gasteiger partial charge in [0.1, 0.15) is 17.6 Å². The minimum Gasteiger partial charge on any atom is -0.382 e. The number of ether oxygens (including phenoxy) is 2. The Balaban J connectivity index is 1.60. The molecule has 1 amide bonds. The molecule has 1 aromatic heterocycles. The Kier molecular flexibility index (Phi) is 4.84. The van der Waals surface area contributed by atoms with Crippen molar-refractivity contribution in [1.82, 2.24) is 14.9 Å². The highest BCUT2D eigenvalue weighted by molar-refractivity contribution is 5.76. The number of anilines is 1.